The Morgan fingerprint density at radius 3 is 2.14 bits per heavy atom. The predicted molar refractivity (Wildman–Crippen MR) is 95.6 cm³/mol. The molecule has 0 fully saturated rings. The molecule has 0 unspecified atom stereocenters. The summed E-state index contributed by atoms with van der Waals surface area (Å²) in [6, 6.07) is 11.0. The minimum atomic E-state index is 0. The maximum atomic E-state index is 6.12. The van der Waals surface area contributed by atoms with Crippen LogP contribution in [0, 0.1) is 0 Å². The lowest BCUT2D eigenvalue weighted by Crippen LogP contribution is -2.17. The molecule has 1 nitrogen and oxygen atoms in total. The number of benzene rings is 2. The van der Waals surface area contributed by atoms with Gasteiger partial charge in [-0.1, -0.05) is 58.5 Å². The molecule has 114 valence electrons. The third-order valence-corrected chi connectivity index (χ3v) is 4.24. The summed E-state index contributed by atoms with van der Waals surface area (Å²) in [4.78, 5) is 0. The molecule has 0 radical (unpaired) electrons. The Kier molecular flexibility index (Phi) is 8.18. The van der Waals surface area contributed by atoms with E-state index in [0.717, 1.165) is 24.1 Å². The highest BCUT2D eigenvalue weighted by molar-refractivity contribution is 6.36. The zero-order valence-electron chi connectivity index (χ0n) is 11.0. The first-order valence-electron chi connectivity index (χ1n) is 6.15. The zero-order chi connectivity index (χ0) is 14.5. The zero-order valence-corrected chi connectivity index (χ0v) is 14.8. The van der Waals surface area contributed by atoms with Crippen LogP contribution < -0.4 is 5.32 Å². The number of hydrogen-bond donors (Lipinski definition) is 1. The fourth-order valence-electron chi connectivity index (χ4n) is 1.86. The molecule has 2 aromatic carbocycles. The van der Waals surface area contributed by atoms with Crippen LogP contribution in [0.5, 0.6) is 0 Å². The van der Waals surface area contributed by atoms with Crippen LogP contribution in [0.2, 0.25) is 20.1 Å². The highest BCUT2D eigenvalue weighted by atomic mass is 35.5. The first-order chi connectivity index (χ1) is 9.58. The van der Waals surface area contributed by atoms with Crippen LogP contribution in [-0.2, 0) is 13.0 Å². The van der Waals surface area contributed by atoms with Gasteiger partial charge in [-0.3, -0.25) is 0 Å². The maximum absolute atomic E-state index is 6.12. The lowest BCUT2D eigenvalue weighted by Gasteiger charge is -2.09. The summed E-state index contributed by atoms with van der Waals surface area (Å²) in [5, 5.41) is 6.00. The molecule has 0 aromatic heterocycles. The molecule has 0 heterocycles. The molecule has 21 heavy (non-hydrogen) atoms. The van der Waals surface area contributed by atoms with Crippen molar-refractivity contribution < 1.29 is 0 Å². The first-order valence-corrected chi connectivity index (χ1v) is 7.66. The van der Waals surface area contributed by atoms with Crippen molar-refractivity contribution in [3.05, 3.63) is 67.6 Å². The van der Waals surface area contributed by atoms with Crippen molar-refractivity contribution in [3.63, 3.8) is 0 Å². The van der Waals surface area contributed by atoms with Gasteiger partial charge in [0.25, 0.3) is 0 Å². The molecule has 1 N–H and O–H groups in total. The van der Waals surface area contributed by atoms with E-state index < -0.39 is 0 Å². The number of hydrogen-bond acceptors (Lipinski definition) is 1. The van der Waals surface area contributed by atoms with Crippen LogP contribution in [0.25, 0.3) is 0 Å². The van der Waals surface area contributed by atoms with Gasteiger partial charge in [-0.2, -0.15) is 0 Å². The van der Waals surface area contributed by atoms with Gasteiger partial charge in [0.05, 0.1) is 0 Å². The summed E-state index contributed by atoms with van der Waals surface area (Å²) in [6.45, 7) is 1.41. The van der Waals surface area contributed by atoms with Crippen LogP contribution >= 0.6 is 58.8 Å². The van der Waals surface area contributed by atoms with Gasteiger partial charge in [-0.15, -0.1) is 12.4 Å². The standard InChI is InChI=1S/C15H13Cl4N.ClH/c16-11-5-4-10(15(19)8-11)6-7-20-9-12-13(17)2-1-3-14(12)18;/h1-5,8,20H,6-7,9H2;1H. The van der Waals surface area contributed by atoms with E-state index in [9.17, 15) is 0 Å². The number of rotatable bonds is 5. The lowest BCUT2D eigenvalue weighted by molar-refractivity contribution is 0.687. The molecule has 2 rings (SSSR count). The molecule has 0 aliphatic heterocycles. The molecule has 0 bridgehead atoms. The molecule has 0 aliphatic rings. The van der Waals surface area contributed by atoms with Gasteiger partial charge in [0.15, 0.2) is 0 Å². The lowest BCUT2D eigenvalue weighted by atomic mass is 10.1. The molecule has 6 heteroatoms. The van der Waals surface area contributed by atoms with Crippen molar-refractivity contribution in [2.45, 2.75) is 13.0 Å². The predicted octanol–water partition coefficient (Wildman–Crippen LogP) is 6.05. The third kappa shape index (κ3) is 5.52. The number of nitrogens with one attached hydrogen (secondary N) is 1. The Labute approximate surface area is 150 Å². The average molecular weight is 386 g/mol. The van der Waals surface area contributed by atoms with Crippen LogP contribution in [0.4, 0.5) is 0 Å². The summed E-state index contributed by atoms with van der Waals surface area (Å²) in [7, 11) is 0. The van der Waals surface area contributed by atoms with Crippen LogP contribution in [0.1, 0.15) is 11.1 Å². The summed E-state index contributed by atoms with van der Waals surface area (Å²) in [6.07, 6.45) is 0.818. The second-order valence-electron chi connectivity index (χ2n) is 4.36. The molecule has 0 aliphatic carbocycles. The van der Waals surface area contributed by atoms with E-state index in [2.05, 4.69) is 5.32 Å². The largest absolute Gasteiger partial charge is 0.312 e. The van der Waals surface area contributed by atoms with Crippen molar-refractivity contribution in [3.8, 4) is 0 Å². The molecule has 0 atom stereocenters. The fourth-order valence-corrected chi connectivity index (χ4v) is 2.90. The van der Waals surface area contributed by atoms with Gasteiger partial charge < -0.3 is 5.32 Å². The van der Waals surface area contributed by atoms with Gasteiger partial charge >= 0.3 is 0 Å². The van der Waals surface area contributed by atoms with E-state index in [1.54, 1.807) is 6.07 Å². The molecule has 0 saturated heterocycles. The van der Waals surface area contributed by atoms with E-state index in [1.165, 1.54) is 0 Å². The Morgan fingerprint density at radius 2 is 1.52 bits per heavy atom. The number of halogens is 5. The van der Waals surface area contributed by atoms with Gasteiger partial charge in [0.2, 0.25) is 0 Å². The molecule has 0 saturated carbocycles. The Hall–Kier alpha value is -0.150. The Balaban J connectivity index is 0.00000220. The van der Waals surface area contributed by atoms with Crippen molar-refractivity contribution in [2.75, 3.05) is 6.54 Å². The van der Waals surface area contributed by atoms with Crippen LogP contribution in [0.3, 0.4) is 0 Å². The first kappa shape index (κ1) is 18.9. The van der Waals surface area contributed by atoms with Gasteiger partial charge in [-0.05, 0) is 42.8 Å². The second kappa shape index (κ2) is 9.09. The van der Waals surface area contributed by atoms with Crippen molar-refractivity contribution >= 4 is 58.8 Å². The fraction of sp³-hybridized carbons (Fsp3) is 0.200. The highest BCUT2D eigenvalue weighted by Crippen LogP contribution is 2.24. The average Bonchev–Trinajstić information content (AvgIpc) is 2.39. The monoisotopic (exact) mass is 383 g/mol. The Morgan fingerprint density at radius 1 is 0.857 bits per heavy atom. The van der Waals surface area contributed by atoms with E-state index >= 15 is 0 Å². The van der Waals surface area contributed by atoms with Gasteiger partial charge in [0.1, 0.15) is 0 Å². The van der Waals surface area contributed by atoms with Gasteiger partial charge in [-0.25, -0.2) is 0 Å². The minimum Gasteiger partial charge on any atom is -0.312 e. The highest BCUT2D eigenvalue weighted by Gasteiger charge is 2.05. The van der Waals surface area contributed by atoms with E-state index in [1.807, 2.05) is 30.3 Å². The minimum absolute atomic E-state index is 0. The summed E-state index contributed by atoms with van der Waals surface area (Å²) >= 11 is 24.2. The van der Waals surface area contributed by atoms with Gasteiger partial charge in [0, 0.05) is 32.2 Å². The molecule has 0 amide bonds. The Bertz CT molecular complexity index is 580. The smallest absolute Gasteiger partial charge is 0.0465 e. The van der Waals surface area contributed by atoms with E-state index in [0.29, 0.717) is 26.6 Å². The summed E-state index contributed by atoms with van der Waals surface area (Å²) in [5.41, 5.74) is 1.98. The molecule has 2 aromatic rings. The van der Waals surface area contributed by atoms with E-state index in [4.69, 9.17) is 46.4 Å². The van der Waals surface area contributed by atoms with Crippen LogP contribution in [0.15, 0.2) is 36.4 Å². The van der Waals surface area contributed by atoms with E-state index in [-0.39, 0.29) is 12.4 Å². The van der Waals surface area contributed by atoms with Crippen molar-refractivity contribution in [1.82, 2.24) is 5.32 Å². The van der Waals surface area contributed by atoms with Crippen molar-refractivity contribution in [2.24, 2.45) is 0 Å². The summed E-state index contributed by atoms with van der Waals surface area (Å²) < 4.78 is 0. The molecular weight excluding hydrogens is 371 g/mol. The molecular formula is C15H14Cl5N. The maximum Gasteiger partial charge on any atom is 0.0465 e. The second-order valence-corrected chi connectivity index (χ2v) is 6.02. The SMILES string of the molecule is Cl.Clc1ccc(CCNCc2c(Cl)cccc2Cl)c(Cl)c1. The van der Waals surface area contributed by atoms with Crippen molar-refractivity contribution in [1.29, 1.82) is 0 Å². The summed E-state index contributed by atoms with van der Waals surface area (Å²) in [5.74, 6) is 0. The molecule has 0 spiro atoms. The normalized spacial score (nSPS) is 10.3. The van der Waals surface area contributed by atoms with Crippen LogP contribution in [-0.4, -0.2) is 6.54 Å². The third-order valence-electron chi connectivity index (χ3n) is 2.95. The quantitative estimate of drug-likeness (QED) is 0.617. The topological polar surface area (TPSA) is 12.0 Å².